The summed E-state index contributed by atoms with van der Waals surface area (Å²) in [5.74, 6) is 0.363. The van der Waals surface area contributed by atoms with Crippen LogP contribution in [0.25, 0.3) is 0 Å². The minimum atomic E-state index is 0. The molecule has 0 unspecified atom stereocenters. The van der Waals surface area contributed by atoms with Crippen LogP contribution in [0.2, 0.25) is 0 Å². The number of alkyl halides is 1. The Bertz CT molecular complexity index is 203. The Morgan fingerprint density at radius 2 is 2.20 bits per heavy atom. The number of aromatic hydroxyl groups is 1. The first-order chi connectivity index (χ1) is 4.33. The second kappa shape index (κ2) is 4.12. The van der Waals surface area contributed by atoms with E-state index >= 15 is 0 Å². The zero-order chi connectivity index (χ0) is 6.69. The summed E-state index contributed by atoms with van der Waals surface area (Å²) in [6, 6.07) is 4.98. The maximum atomic E-state index is 8.77. The summed E-state index contributed by atoms with van der Waals surface area (Å²) in [6.45, 7) is 0. The van der Waals surface area contributed by atoms with Crippen molar-refractivity contribution in [2.45, 2.75) is 13.3 Å². The van der Waals surface area contributed by atoms with E-state index in [9.17, 15) is 0 Å². The average Bonchev–Trinajstić information content (AvgIpc) is 1.88. The molecule has 0 bridgehead atoms. The minimum absolute atomic E-state index is 0. The van der Waals surface area contributed by atoms with E-state index in [4.69, 9.17) is 16.7 Å². The Labute approximate surface area is 65.5 Å². The van der Waals surface area contributed by atoms with Crippen LogP contribution in [0.4, 0.5) is 0 Å². The molecule has 56 valence electrons. The highest BCUT2D eigenvalue weighted by atomic mass is 35.5. The summed E-state index contributed by atoms with van der Waals surface area (Å²) in [7, 11) is 0. The molecule has 0 atom stereocenters. The maximum absolute atomic E-state index is 8.77. The summed E-state index contributed by atoms with van der Waals surface area (Å²) in [5, 5.41) is 8.77. The van der Waals surface area contributed by atoms with Gasteiger partial charge in [0.1, 0.15) is 0 Å². The van der Waals surface area contributed by atoms with Gasteiger partial charge in [-0.2, -0.15) is 0 Å². The number of hydrogen-bond acceptors (Lipinski definition) is 2. The Kier molecular flexibility index (Phi) is 3.81. The van der Waals surface area contributed by atoms with E-state index in [1.807, 2.05) is 0 Å². The van der Waals surface area contributed by atoms with Crippen molar-refractivity contribution in [3.63, 3.8) is 0 Å². The van der Waals surface area contributed by atoms with Crippen molar-refractivity contribution in [2.75, 3.05) is 0 Å². The van der Waals surface area contributed by atoms with Crippen LogP contribution in [0.5, 0.6) is 5.88 Å². The first kappa shape index (κ1) is 9.24. The Morgan fingerprint density at radius 1 is 1.50 bits per heavy atom. The quantitative estimate of drug-likeness (QED) is 0.637. The normalized spacial score (nSPS) is 8.50. The van der Waals surface area contributed by atoms with E-state index < -0.39 is 0 Å². The Hall–Kier alpha value is -0.760. The zero-order valence-electron chi connectivity index (χ0n) is 4.71. The highest BCUT2D eigenvalue weighted by molar-refractivity contribution is 6.16. The number of nitrogens with zero attached hydrogens (tertiary/aromatic N) is 1. The van der Waals surface area contributed by atoms with Crippen LogP contribution in [0, 0.1) is 0 Å². The topological polar surface area (TPSA) is 33.1 Å². The molecule has 0 aliphatic carbocycles. The van der Waals surface area contributed by atoms with Crippen molar-refractivity contribution >= 4 is 11.6 Å². The number of pyridine rings is 1. The number of halogens is 1. The second-order valence-corrected chi connectivity index (χ2v) is 1.89. The van der Waals surface area contributed by atoms with Crippen LogP contribution >= 0.6 is 11.6 Å². The van der Waals surface area contributed by atoms with Gasteiger partial charge in [-0.1, -0.05) is 13.5 Å². The summed E-state index contributed by atoms with van der Waals surface area (Å²) < 4.78 is 0. The maximum Gasteiger partial charge on any atom is 0.210 e. The lowest BCUT2D eigenvalue weighted by Crippen LogP contribution is -1.81. The highest BCUT2D eigenvalue weighted by Crippen LogP contribution is 2.05. The van der Waals surface area contributed by atoms with Crippen LogP contribution in [0.3, 0.4) is 0 Å². The molecular formula is C7H10ClNO. The predicted molar refractivity (Wildman–Crippen MR) is 42.2 cm³/mol. The molecule has 0 aliphatic rings. The van der Waals surface area contributed by atoms with Crippen LogP contribution < -0.4 is 0 Å². The van der Waals surface area contributed by atoms with Crippen LogP contribution in [0.15, 0.2) is 18.2 Å². The standard InChI is InChI=1S/C6H6ClNO.CH4/c7-4-5-2-1-3-6(9)8-5;/h1-3H,4H2,(H,8,9);1H4. The third-order valence-electron chi connectivity index (χ3n) is 0.929. The third-order valence-corrected chi connectivity index (χ3v) is 1.20. The van der Waals surface area contributed by atoms with Gasteiger partial charge in [-0.3, -0.25) is 0 Å². The second-order valence-electron chi connectivity index (χ2n) is 1.62. The fourth-order valence-electron chi connectivity index (χ4n) is 0.541. The van der Waals surface area contributed by atoms with Gasteiger partial charge in [0.15, 0.2) is 0 Å². The van der Waals surface area contributed by atoms with E-state index in [0.29, 0.717) is 11.6 Å². The lowest BCUT2D eigenvalue weighted by Gasteiger charge is -1.92. The average molecular weight is 160 g/mol. The molecule has 10 heavy (non-hydrogen) atoms. The molecule has 0 saturated carbocycles. The number of hydrogen-bond donors (Lipinski definition) is 1. The van der Waals surface area contributed by atoms with Gasteiger partial charge in [0.2, 0.25) is 5.88 Å². The predicted octanol–water partition coefficient (Wildman–Crippen LogP) is 2.16. The van der Waals surface area contributed by atoms with Gasteiger partial charge in [0.25, 0.3) is 0 Å². The molecule has 0 amide bonds. The first-order valence-corrected chi connectivity index (χ1v) is 3.07. The Balaban J connectivity index is 0.000000810. The molecule has 1 heterocycles. The van der Waals surface area contributed by atoms with Crippen molar-refractivity contribution in [1.82, 2.24) is 4.98 Å². The monoisotopic (exact) mass is 159 g/mol. The van der Waals surface area contributed by atoms with E-state index in [-0.39, 0.29) is 13.3 Å². The summed E-state index contributed by atoms with van der Waals surface area (Å²) in [5.41, 5.74) is 0.691. The largest absolute Gasteiger partial charge is 0.493 e. The van der Waals surface area contributed by atoms with E-state index in [1.54, 1.807) is 12.1 Å². The molecule has 1 N–H and O–H groups in total. The molecule has 0 aliphatic heterocycles. The van der Waals surface area contributed by atoms with Gasteiger partial charge in [0.05, 0.1) is 11.6 Å². The number of rotatable bonds is 1. The third kappa shape index (κ3) is 2.23. The molecule has 0 radical (unpaired) electrons. The smallest absolute Gasteiger partial charge is 0.210 e. The van der Waals surface area contributed by atoms with Crippen molar-refractivity contribution in [3.05, 3.63) is 23.9 Å². The molecule has 2 nitrogen and oxygen atoms in total. The molecule has 3 heteroatoms. The van der Waals surface area contributed by atoms with Crippen molar-refractivity contribution < 1.29 is 5.11 Å². The molecule has 1 aromatic heterocycles. The molecule has 0 aromatic carbocycles. The molecule has 0 saturated heterocycles. The van der Waals surface area contributed by atoms with Crippen LogP contribution in [-0.4, -0.2) is 10.1 Å². The van der Waals surface area contributed by atoms with Gasteiger partial charge in [-0.15, -0.1) is 11.6 Å². The number of aromatic nitrogens is 1. The minimum Gasteiger partial charge on any atom is -0.493 e. The van der Waals surface area contributed by atoms with Gasteiger partial charge in [0, 0.05) is 6.07 Å². The van der Waals surface area contributed by atoms with Gasteiger partial charge >= 0.3 is 0 Å². The SMILES string of the molecule is C.Oc1cccc(CCl)n1. The molecular weight excluding hydrogens is 150 g/mol. The van der Waals surface area contributed by atoms with Gasteiger partial charge in [-0.25, -0.2) is 4.98 Å². The molecule has 0 fully saturated rings. The zero-order valence-corrected chi connectivity index (χ0v) is 5.47. The molecule has 0 spiro atoms. The lowest BCUT2D eigenvalue weighted by atomic mass is 10.4. The summed E-state index contributed by atoms with van der Waals surface area (Å²) in [6.07, 6.45) is 0. The molecule has 1 rings (SSSR count). The van der Waals surface area contributed by atoms with Gasteiger partial charge in [-0.05, 0) is 6.07 Å². The van der Waals surface area contributed by atoms with Crippen molar-refractivity contribution in [3.8, 4) is 5.88 Å². The van der Waals surface area contributed by atoms with Gasteiger partial charge < -0.3 is 5.11 Å². The Morgan fingerprint density at radius 3 is 2.60 bits per heavy atom. The first-order valence-electron chi connectivity index (χ1n) is 2.54. The molecule has 1 aromatic rings. The highest BCUT2D eigenvalue weighted by Gasteiger charge is 1.90. The summed E-state index contributed by atoms with van der Waals surface area (Å²) in [4.78, 5) is 3.72. The lowest BCUT2D eigenvalue weighted by molar-refractivity contribution is 0.452. The van der Waals surface area contributed by atoms with Crippen LogP contribution in [0.1, 0.15) is 13.1 Å². The van der Waals surface area contributed by atoms with E-state index in [1.165, 1.54) is 6.07 Å². The van der Waals surface area contributed by atoms with Crippen LogP contribution in [-0.2, 0) is 5.88 Å². The van der Waals surface area contributed by atoms with Crippen molar-refractivity contribution in [2.24, 2.45) is 0 Å². The summed E-state index contributed by atoms with van der Waals surface area (Å²) >= 11 is 5.43. The fraction of sp³-hybridized carbons (Fsp3) is 0.286. The van der Waals surface area contributed by atoms with Crippen molar-refractivity contribution in [1.29, 1.82) is 0 Å². The van der Waals surface area contributed by atoms with E-state index in [0.717, 1.165) is 0 Å². The van der Waals surface area contributed by atoms with E-state index in [2.05, 4.69) is 4.98 Å². The fourth-order valence-corrected chi connectivity index (χ4v) is 0.690.